The quantitative estimate of drug-likeness (QED) is 0.768. The number of aromatic nitrogens is 1. The largest absolute Gasteiger partial charge is 0.341 e. The van der Waals surface area contributed by atoms with Crippen LogP contribution in [0.25, 0.3) is 0 Å². The van der Waals surface area contributed by atoms with Crippen LogP contribution in [0.15, 0.2) is 24.5 Å². The molecule has 0 saturated carbocycles. The summed E-state index contributed by atoms with van der Waals surface area (Å²) >= 11 is 0. The van der Waals surface area contributed by atoms with Crippen molar-refractivity contribution in [3.05, 3.63) is 24.5 Å². The van der Waals surface area contributed by atoms with Gasteiger partial charge in [-0.1, -0.05) is 13.8 Å². The predicted molar refractivity (Wildman–Crippen MR) is 77.3 cm³/mol. The van der Waals surface area contributed by atoms with E-state index in [0.29, 0.717) is 12.1 Å². The highest BCUT2D eigenvalue weighted by Crippen LogP contribution is 2.08. The van der Waals surface area contributed by atoms with Crippen molar-refractivity contribution in [1.29, 1.82) is 5.26 Å². The first-order chi connectivity index (χ1) is 10.0. The highest BCUT2D eigenvalue weighted by atomic mass is 16.2. The first-order valence-corrected chi connectivity index (χ1v) is 6.59. The second kappa shape index (κ2) is 8.53. The molecule has 1 heterocycles. The fourth-order valence-electron chi connectivity index (χ4n) is 1.64. The number of nitrogens with one attached hydrogen (secondary N) is 2. The molecule has 2 N–H and O–H groups in total. The minimum Gasteiger partial charge on any atom is -0.341 e. The topological polar surface area (TPSA) is 109 Å². The fourth-order valence-corrected chi connectivity index (χ4v) is 1.64. The van der Waals surface area contributed by atoms with Crippen molar-refractivity contribution in [2.24, 2.45) is 5.92 Å². The Balaban J connectivity index is 2.61. The highest BCUT2D eigenvalue weighted by Gasteiger charge is 2.23. The Kier molecular flexibility index (Phi) is 6.68. The Morgan fingerprint density at radius 3 is 2.81 bits per heavy atom. The summed E-state index contributed by atoms with van der Waals surface area (Å²) in [6, 6.07) is 3.75. The lowest BCUT2D eigenvalue weighted by molar-refractivity contribution is -0.123. The Labute approximate surface area is 123 Å². The fraction of sp³-hybridized carbons (Fsp3) is 0.429. The summed E-state index contributed by atoms with van der Waals surface area (Å²) in [7, 11) is 0. The van der Waals surface area contributed by atoms with E-state index in [9.17, 15) is 9.59 Å². The molecule has 1 atom stereocenters. The average Bonchev–Trinajstić information content (AvgIpc) is 2.44. The van der Waals surface area contributed by atoms with Crippen LogP contribution in [-0.2, 0) is 4.79 Å². The lowest BCUT2D eigenvalue weighted by atomic mass is 10.0. The van der Waals surface area contributed by atoms with E-state index in [1.165, 1.54) is 6.20 Å². The van der Waals surface area contributed by atoms with Gasteiger partial charge >= 0.3 is 6.03 Å². The van der Waals surface area contributed by atoms with Gasteiger partial charge in [-0.2, -0.15) is 5.26 Å². The van der Waals surface area contributed by atoms with Crippen LogP contribution in [0.1, 0.15) is 20.3 Å². The van der Waals surface area contributed by atoms with Crippen molar-refractivity contribution in [3.63, 3.8) is 0 Å². The Morgan fingerprint density at radius 1 is 1.48 bits per heavy atom. The van der Waals surface area contributed by atoms with Crippen molar-refractivity contribution < 1.29 is 9.59 Å². The van der Waals surface area contributed by atoms with Crippen LogP contribution >= 0.6 is 0 Å². The maximum atomic E-state index is 11.9. The van der Waals surface area contributed by atoms with Crippen molar-refractivity contribution in [2.45, 2.75) is 26.3 Å². The van der Waals surface area contributed by atoms with Crippen LogP contribution in [0.2, 0.25) is 0 Å². The molecule has 0 aliphatic rings. The number of pyridine rings is 1. The van der Waals surface area contributed by atoms with Gasteiger partial charge in [0.2, 0.25) is 5.91 Å². The molecule has 7 nitrogen and oxygen atoms in total. The summed E-state index contributed by atoms with van der Waals surface area (Å²) < 4.78 is 0. The minimum atomic E-state index is -0.810. The SMILES string of the molecule is CC(C)CC([N]C(=O)Nc1cccnc1)C(=O)NCC#N. The van der Waals surface area contributed by atoms with Gasteiger partial charge in [-0.15, -0.1) is 0 Å². The molecule has 3 amide bonds. The van der Waals surface area contributed by atoms with Crippen molar-refractivity contribution in [3.8, 4) is 6.07 Å². The normalized spacial score (nSPS) is 11.3. The smallest absolute Gasteiger partial charge is 0.341 e. The predicted octanol–water partition coefficient (Wildman–Crippen LogP) is 1.27. The molecule has 1 aromatic heterocycles. The van der Waals surface area contributed by atoms with Gasteiger partial charge in [0.25, 0.3) is 0 Å². The second-order valence-corrected chi connectivity index (χ2v) is 4.82. The number of hydrogen-bond donors (Lipinski definition) is 2. The van der Waals surface area contributed by atoms with Crippen LogP contribution in [0.5, 0.6) is 0 Å². The minimum absolute atomic E-state index is 0.104. The highest BCUT2D eigenvalue weighted by molar-refractivity contribution is 5.93. The second-order valence-electron chi connectivity index (χ2n) is 4.82. The Morgan fingerprint density at radius 2 is 2.24 bits per heavy atom. The molecular weight excluding hydrogens is 270 g/mol. The molecule has 0 fully saturated rings. The third-order valence-electron chi connectivity index (χ3n) is 2.52. The lowest BCUT2D eigenvalue weighted by Crippen LogP contribution is -2.44. The maximum Gasteiger partial charge on any atom is 0.341 e. The third kappa shape index (κ3) is 6.38. The molecule has 0 aliphatic heterocycles. The zero-order valence-electron chi connectivity index (χ0n) is 12.0. The molecule has 1 rings (SSSR count). The summed E-state index contributed by atoms with van der Waals surface area (Å²) in [4.78, 5) is 27.6. The van der Waals surface area contributed by atoms with Gasteiger partial charge in [0.1, 0.15) is 12.6 Å². The van der Waals surface area contributed by atoms with Crippen molar-refractivity contribution >= 4 is 17.6 Å². The number of nitriles is 1. The van der Waals surface area contributed by atoms with E-state index in [-0.39, 0.29) is 12.5 Å². The lowest BCUT2D eigenvalue weighted by Gasteiger charge is -2.17. The summed E-state index contributed by atoms with van der Waals surface area (Å²) in [6.45, 7) is 3.76. The van der Waals surface area contributed by atoms with E-state index in [2.05, 4.69) is 20.9 Å². The van der Waals surface area contributed by atoms with E-state index in [0.717, 1.165) is 0 Å². The van der Waals surface area contributed by atoms with Crippen LogP contribution in [-0.4, -0.2) is 29.5 Å². The molecule has 0 aromatic carbocycles. The molecule has 21 heavy (non-hydrogen) atoms. The summed E-state index contributed by atoms with van der Waals surface area (Å²) in [5.74, 6) is -0.232. The van der Waals surface area contributed by atoms with Crippen molar-refractivity contribution in [1.82, 2.24) is 15.6 Å². The van der Waals surface area contributed by atoms with Gasteiger partial charge in [-0.25, -0.2) is 10.1 Å². The van der Waals surface area contributed by atoms with Gasteiger partial charge in [0, 0.05) is 6.20 Å². The molecule has 0 spiro atoms. The van der Waals surface area contributed by atoms with Crippen LogP contribution in [0.3, 0.4) is 0 Å². The summed E-state index contributed by atoms with van der Waals surface area (Å²) in [6.07, 6.45) is 3.50. The molecule has 7 heteroatoms. The first kappa shape index (κ1) is 16.4. The number of carbonyl (C=O) groups is 2. The number of anilines is 1. The van der Waals surface area contributed by atoms with Gasteiger partial charge in [-0.3, -0.25) is 9.78 Å². The van der Waals surface area contributed by atoms with E-state index < -0.39 is 18.0 Å². The Bertz CT molecular complexity index is 510. The number of rotatable bonds is 6. The van der Waals surface area contributed by atoms with Crippen LogP contribution < -0.4 is 16.0 Å². The average molecular weight is 288 g/mol. The number of carbonyl (C=O) groups excluding carboxylic acids is 2. The van der Waals surface area contributed by atoms with Crippen molar-refractivity contribution in [2.75, 3.05) is 11.9 Å². The van der Waals surface area contributed by atoms with Crippen LogP contribution in [0, 0.1) is 17.2 Å². The van der Waals surface area contributed by atoms with Gasteiger partial charge in [0.15, 0.2) is 0 Å². The van der Waals surface area contributed by atoms with E-state index in [4.69, 9.17) is 5.26 Å². The number of hydrogen-bond acceptors (Lipinski definition) is 4. The first-order valence-electron chi connectivity index (χ1n) is 6.59. The van der Waals surface area contributed by atoms with Gasteiger partial charge in [0.05, 0.1) is 18.0 Å². The van der Waals surface area contributed by atoms with E-state index >= 15 is 0 Å². The number of nitrogens with zero attached hydrogens (tertiary/aromatic N) is 3. The number of urea groups is 1. The van der Waals surface area contributed by atoms with Crippen LogP contribution in [0.4, 0.5) is 10.5 Å². The zero-order chi connectivity index (χ0) is 15.7. The molecule has 1 unspecified atom stereocenters. The third-order valence-corrected chi connectivity index (χ3v) is 2.52. The Hall–Kier alpha value is -2.62. The number of amides is 3. The molecule has 1 aromatic rings. The molecule has 0 saturated heterocycles. The molecule has 0 bridgehead atoms. The molecular formula is C14H18N5O2. The summed E-state index contributed by atoms with van der Waals surface area (Å²) in [5.41, 5.74) is 0.506. The summed E-state index contributed by atoms with van der Waals surface area (Å²) in [5, 5.41) is 17.3. The standard InChI is InChI=1S/C14H18N5O2/c1-10(2)8-12(13(20)17-7-5-15)19-14(21)18-11-4-3-6-16-9-11/h3-4,6,9-10,12H,7-8H2,1-2H3,(H,17,20)(H,18,21). The monoisotopic (exact) mass is 288 g/mol. The van der Waals surface area contributed by atoms with E-state index in [1.54, 1.807) is 18.3 Å². The molecule has 111 valence electrons. The molecule has 1 radical (unpaired) electrons. The van der Waals surface area contributed by atoms with E-state index in [1.807, 2.05) is 19.9 Å². The van der Waals surface area contributed by atoms with Gasteiger partial charge < -0.3 is 10.6 Å². The zero-order valence-corrected chi connectivity index (χ0v) is 12.0. The van der Waals surface area contributed by atoms with Gasteiger partial charge in [-0.05, 0) is 24.5 Å². The molecule has 0 aliphatic carbocycles. The maximum absolute atomic E-state index is 11.9.